The van der Waals surface area contributed by atoms with Gasteiger partial charge < -0.3 is 20.1 Å². The van der Waals surface area contributed by atoms with Gasteiger partial charge in [-0.15, -0.1) is 0 Å². The highest BCUT2D eigenvalue weighted by Crippen LogP contribution is 2.28. The van der Waals surface area contributed by atoms with Crippen LogP contribution in [0.1, 0.15) is 45.2 Å². The minimum atomic E-state index is 0.0703. The molecule has 1 aliphatic rings. The minimum absolute atomic E-state index is 0.0703. The molecule has 35 heavy (non-hydrogen) atoms. The Hall–Kier alpha value is -3.95. The predicted octanol–water partition coefficient (Wildman–Crippen LogP) is 3.50. The lowest BCUT2D eigenvalue weighted by molar-refractivity contribution is -0.121. The van der Waals surface area contributed by atoms with E-state index in [-0.39, 0.29) is 18.0 Å². The Bertz CT molecular complexity index is 1310. The Kier molecular flexibility index (Phi) is 6.35. The minimum Gasteiger partial charge on any atom is -0.352 e. The van der Waals surface area contributed by atoms with E-state index in [1.807, 2.05) is 42.3 Å². The Morgan fingerprint density at radius 3 is 2.80 bits per heavy atom. The zero-order valence-electron chi connectivity index (χ0n) is 20.3. The van der Waals surface area contributed by atoms with Gasteiger partial charge in [-0.25, -0.2) is 4.98 Å². The molecule has 3 aromatic heterocycles. The number of nitrogens with one attached hydrogen (secondary N) is 2. The monoisotopic (exact) mass is 473 g/mol. The normalized spacial score (nSPS) is 15.8. The third kappa shape index (κ3) is 4.96. The molecule has 0 radical (unpaired) electrons. The van der Waals surface area contributed by atoms with Gasteiger partial charge in [0.25, 0.3) is 0 Å². The first-order valence-corrected chi connectivity index (χ1v) is 12.1. The van der Waals surface area contributed by atoms with Crippen LogP contribution in [-0.2, 0) is 11.3 Å². The van der Waals surface area contributed by atoms with Crippen molar-refractivity contribution < 1.29 is 4.79 Å². The molecule has 2 N–H and O–H groups in total. The van der Waals surface area contributed by atoms with Gasteiger partial charge in [0.05, 0.1) is 24.8 Å². The van der Waals surface area contributed by atoms with Crippen molar-refractivity contribution in [2.24, 2.45) is 0 Å². The highest BCUT2D eigenvalue weighted by molar-refractivity contribution is 5.86. The summed E-state index contributed by atoms with van der Waals surface area (Å²) in [5.41, 5.74) is 3.52. The fraction of sp³-hybridized carbons (Fsp3) is 0.400. The molecule has 4 heterocycles. The molecule has 10 heteroatoms. The van der Waals surface area contributed by atoms with Crippen molar-refractivity contribution in [1.82, 2.24) is 34.6 Å². The lowest BCUT2D eigenvalue weighted by Gasteiger charge is -2.18. The van der Waals surface area contributed by atoms with Crippen molar-refractivity contribution in [3.63, 3.8) is 0 Å². The van der Waals surface area contributed by atoms with E-state index in [2.05, 4.69) is 56.2 Å². The molecule has 0 bridgehead atoms. The molecular weight excluding hydrogens is 442 g/mol. The molecule has 0 aliphatic carbocycles. The lowest BCUT2D eigenvalue weighted by Crippen LogP contribution is -2.37. The molecular formula is C25H31N9O. The van der Waals surface area contributed by atoms with E-state index < -0.39 is 0 Å². The van der Waals surface area contributed by atoms with Crippen LogP contribution in [0.4, 0.5) is 17.5 Å². The fourth-order valence-electron chi connectivity index (χ4n) is 4.32. The highest BCUT2D eigenvalue weighted by atomic mass is 16.1. The molecule has 5 rings (SSSR count). The molecule has 182 valence electrons. The highest BCUT2D eigenvalue weighted by Gasteiger charge is 2.27. The standard InChI is InChI=1S/C25H31N9O/c1-4-21(35)28-19-10-11-32(14-19)25-30-23(22-24(31-25)34(16-26-22)17(2)3)29-20-12-27-33(15-20)13-18-8-6-5-7-9-18/h5-9,12,15-17,19H,4,10-11,13-14H2,1-3H3,(H,28,35)(H,29,30,31)/t19-/m0/s1. The Balaban J connectivity index is 1.42. The number of carbonyl (C=O) groups is 1. The quantitative estimate of drug-likeness (QED) is 0.403. The van der Waals surface area contributed by atoms with E-state index in [4.69, 9.17) is 9.97 Å². The third-order valence-electron chi connectivity index (χ3n) is 6.21. The first kappa shape index (κ1) is 22.8. The van der Waals surface area contributed by atoms with Gasteiger partial charge >= 0.3 is 0 Å². The zero-order valence-corrected chi connectivity index (χ0v) is 20.3. The second-order valence-electron chi connectivity index (χ2n) is 9.18. The van der Waals surface area contributed by atoms with Crippen LogP contribution in [0, 0.1) is 0 Å². The van der Waals surface area contributed by atoms with Crippen molar-refractivity contribution in [2.75, 3.05) is 23.3 Å². The summed E-state index contributed by atoms with van der Waals surface area (Å²) in [6.45, 7) is 8.23. The maximum Gasteiger partial charge on any atom is 0.229 e. The van der Waals surface area contributed by atoms with E-state index in [9.17, 15) is 4.79 Å². The molecule has 1 fully saturated rings. The van der Waals surface area contributed by atoms with E-state index in [0.717, 1.165) is 24.3 Å². The van der Waals surface area contributed by atoms with Crippen molar-refractivity contribution >= 4 is 34.5 Å². The Morgan fingerprint density at radius 1 is 1.20 bits per heavy atom. The first-order valence-electron chi connectivity index (χ1n) is 12.1. The molecule has 1 amide bonds. The average molecular weight is 474 g/mol. The smallest absolute Gasteiger partial charge is 0.229 e. The summed E-state index contributed by atoms with van der Waals surface area (Å²) in [5, 5.41) is 11.0. The molecule has 1 atom stereocenters. The summed E-state index contributed by atoms with van der Waals surface area (Å²) in [6.07, 6.45) is 6.92. The van der Waals surface area contributed by atoms with Gasteiger partial charge in [-0.3, -0.25) is 9.48 Å². The molecule has 1 saturated heterocycles. The molecule has 0 unspecified atom stereocenters. The number of hydrogen-bond donors (Lipinski definition) is 2. The third-order valence-corrected chi connectivity index (χ3v) is 6.21. The van der Waals surface area contributed by atoms with Gasteiger partial charge in [0.15, 0.2) is 17.0 Å². The Labute approximate surface area is 204 Å². The number of benzene rings is 1. The van der Waals surface area contributed by atoms with Crippen LogP contribution in [0.25, 0.3) is 11.2 Å². The maximum atomic E-state index is 11.9. The van der Waals surface area contributed by atoms with Crippen LogP contribution >= 0.6 is 0 Å². The summed E-state index contributed by atoms with van der Waals surface area (Å²) in [4.78, 5) is 28.3. The number of fused-ring (bicyclic) bond motifs is 1. The van der Waals surface area contributed by atoms with Crippen LogP contribution in [0.15, 0.2) is 49.1 Å². The zero-order chi connectivity index (χ0) is 24.4. The van der Waals surface area contributed by atoms with E-state index in [1.54, 1.807) is 6.20 Å². The molecule has 0 saturated carbocycles. The summed E-state index contributed by atoms with van der Waals surface area (Å²) in [5.74, 6) is 1.35. The van der Waals surface area contributed by atoms with Crippen LogP contribution < -0.4 is 15.5 Å². The number of amides is 1. The van der Waals surface area contributed by atoms with Crippen LogP contribution in [-0.4, -0.2) is 54.3 Å². The summed E-state index contributed by atoms with van der Waals surface area (Å²) < 4.78 is 3.95. The molecule has 10 nitrogen and oxygen atoms in total. The van der Waals surface area contributed by atoms with Gasteiger partial charge in [-0.2, -0.15) is 15.1 Å². The van der Waals surface area contributed by atoms with Crippen LogP contribution in [0.5, 0.6) is 0 Å². The largest absolute Gasteiger partial charge is 0.352 e. The summed E-state index contributed by atoms with van der Waals surface area (Å²) in [6, 6.07) is 10.5. The van der Waals surface area contributed by atoms with Crippen molar-refractivity contribution in [3.8, 4) is 0 Å². The average Bonchev–Trinajstić information content (AvgIpc) is 3.59. The summed E-state index contributed by atoms with van der Waals surface area (Å²) in [7, 11) is 0. The van der Waals surface area contributed by atoms with E-state index in [0.29, 0.717) is 36.8 Å². The van der Waals surface area contributed by atoms with Gasteiger partial charge in [0.2, 0.25) is 11.9 Å². The number of rotatable bonds is 8. The SMILES string of the molecule is CCC(=O)N[C@H]1CCN(c2nc(Nc3cnn(Cc4ccccc4)c3)c3ncn(C(C)C)c3n2)C1. The van der Waals surface area contributed by atoms with Crippen molar-refractivity contribution in [2.45, 2.75) is 52.2 Å². The maximum absolute atomic E-state index is 11.9. The van der Waals surface area contributed by atoms with Gasteiger partial charge in [-0.05, 0) is 25.8 Å². The number of carbonyl (C=O) groups excluding carboxylic acids is 1. The topological polar surface area (TPSA) is 106 Å². The van der Waals surface area contributed by atoms with Gasteiger partial charge in [0, 0.05) is 37.8 Å². The number of aromatic nitrogens is 6. The first-order chi connectivity index (χ1) is 17.0. The van der Waals surface area contributed by atoms with E-state index >= 15 is 0 Å². The van der Waals surface area contributed by atoms with Crippen molar-refractivity contribution in [1.29, 1.82) is 0 Å². The lowest BCUT2D eigenvalue weighted by atomic mass is 10.2. The van der Waals surface area contributed by atoms with E-state index in [1.165, 1.54) is 5.56 Å². The number of imidazole rings is 1. The predicted molar refractivity (Wildman–Crippen MR) is 136 cm³/mol. The Morgan fingerprint density at radius 2 is 2.03 bits per heavy atom. The number of nitrogens with zero attached hydrogens (tertiary/aromatic N) is 7. The van der Waals surface area contributed by atoms with Gasteiger partial charge in [0.1, 0.15) is 0 Å². The van der Waals surface area contributed by atoms with Gasteiger partial charge in [-0.1, -0.05) is 37.3 Å². The molecule has 1 aliphatic heterocycles. The molecule has 4 aromatic rings. The second-order valence-corrected chi connectivity index (χ2v) is 9.18. The number of hydrogen-bond acceptors (Lipinski definition) is 7. The van der Waals surface area contributed by atoms with Crippen LogP contribution in [0.2, 0.25) is 0 Å². The summed E-state index contributed by atoms with van der Waals surface area (Å²) >= 11 is 0. The van der Waals surface area contributed by atoms with Crippen molar-refractivity contribution in [3.05, 3.63) is 54.6 Å². The second kappa shape index (κ2) is 9.73. The molecule has 1 aromatic carbocycles. The molecule has 0 spiro atoms. The fourth-order valence-corrected chi connectivity index (χ4v) is 4.32. The number of anilines is 3. The van der Waals surface area contributed by atoms with Crippen LogP contribution in [0.3, 0.4) is 0 Å².